The number of rotatable bonds is 4. The van der Waals surface area contributed by atoms with E-state index in [1.54, 1.807) is 4.40 Å². The maximum Gasteiger partial charge on any atom is 0.310 e. The molecule has 0 fully saturated rings. The first kappa shape index (κ1) is 15.6. The average Bonchev–Trinajstić information content (AvgIpc) is 3.18. The molecule has 126 valence electrons. The Labute approximate surface area is 146 Å². The fraction of sp³-hybridized carbons (Fsp3) is 0.167. The molecule has 3 heterocycles. The topological polar surface area (TPSA) is 76.5 Å². The van der Waals surface area contributed by atoms with Gasteiger partial charge in [-0.05, 0) is 18.6 Å². The third-order valence-electron chi connectivity index (χ3n) is 4.02. The maximum atomic E-state index is 12.1. The number of aryl methyl sites for hydroxylation is 1. The molecule has 25 heavy (non-hydrogen) atoms. The predicted octanol–water partition coefficient (Wildman–Crippen LogP) is 2.83. The molecular weight excluding hydrogens is 338 g/mol. The Kier molecular flexibility index (Phi) is 3.85. The Morgan fingerprint density at radius 1 is 1.36 bits per heavy atom. The summed E-state index contributed by atoms with van der Waals surface area (Å²) in [6.45, 7) is 1.84. The molecule has 0 bridgehead atoms. The summed E-state index contributed by atoms with van der Waals surface area (Å²) in [5, 5.41) is 2.88. The van der Waals surface area contributed by atoms with Crippen molar-refractivity contribution >= 4 is 33.2 Å². The Hall–Kier alpha value is -2.93. The molecular formula is C18H15N3O3S. The fourth-order valence-electron chi connectivity index (χ4n) is 2.81. The van der Waals surface area contributed by atoms with Gasteiger partial charge < -0.3 is 9.72 Å². The van der Waals surface area contributed by atoms with Crippen molar-refractivity contribution in [2.75, 3.05) is 0 Å². The molecule has 0 aliphatic carbocycles. The number of ether oxygens (including phenoxy) is 1. The summed E-state index contributed by atoms with van der Waals surface area (Å²) in [6, 6.07) is 9.20. The van der Waals surface area contributed by atoms with Crippen molar-refractivity contribution in [1.82, 2.24) is 14.4 Å². The van der Waals surface area contributed by atoms with E-state index in [9.17, 15) is 9.59 Å². The zero-order chi connectivity index (χ0) is 17.4. The number of carbonyl (C=O) groups is 1. The van der Waals surface area contributed by atoms with Crippen LogP contribution in [0, 0.1) is 6.92 Å². The highest BCUT2D eigenvalue weighted by Crippen LogP contribution is 2.18. The largest absolute Gasteiger partial charge is 0.459 e. The molecule has 0 aliphatic heterocycles. The zero-order valence-corrected chi connectivity index (χ0v) is 14.3. The first-order valence-electron chi connectivity index (χ1n) is 7.79. The second-order valence-corrected chi connectivity index (χ2v) is 6.61. The van der Waals surface area contributed by atoms with E-state index < -0.39 is 0 Å². The van der Waals surface area contributed by atoms with E-state index in [1.807, 2.05) is 42.8 Å². The van der Waals surface area contributed by atoms with Crippen molar-refractivity contribution < 1.29 is 9.53 Å². The molecule has 0 saturated carbocycles. The van der Waals surface area contributed by atoms with E-state index in [-0.39, 0.29) is 24.6 Å². The summed E-state index contributed by atoms with van der Waals surface area (Å²) in [6.07, 6.45) is 1.99. The molecule has 3 aromatic heterocycles. The minimum Gasteiger partial charge on any atom is -0.459 e. The summed E-state index contributed by atoms with van der Waals surface area (Å²) >= 11 is 1.39. The number of fused-ring (bicyclic) bond motifs is 2. The van der Waals surface area contributed by atoms with Gasteiger partial charge in [-0.2, -0.15) is 0 Å². The first-order chi connectivity index (χ1) is 12.1. The number of nitrogens with zero attached hydrogens (tertiary/aromatic N) is 2. The lowest BCUT2D eigenvalue weighted by Crippen LogP contribution is -2.16. The summed E-state index contributed by atoms with van der Waals surface area (Å²) in [7, 11) is 0. The van der Waals surface area contributed by atoms with Crippen LogP contribution in [0.15, 0.2) is 46.7 Å². The predicted molar refractivity (Wildman–Crippen MR) is 95.9 cm³/mol. The second-order valence-electron chi connectivity index (χ2n) is 5.78. The molecule has 4 rings (SSSR count). The second kappa shape index (κ2) is 6.18. The molecule has 0 unspecified atom stereocenters. The van der Waals surface area contributed by atoms with Crippen molar-refractivity contribution in [3.63, 3.8) is 0 Å². The minimum absolute atomic E-state index is 0.0100. The van der Waals surface area contributed by atoms with E-state index in [0.717, 1.165) is 22.2 Å². The van der Waals surface area contributed by atoms with Crippen molar-refractivity contribution in [3.05, 3.63) is 69.2 Å². The zero-order valence-electron chi connectivity index (χ0n) is 13.5. The summed E-state index contributed by atoms with van der Waals surface area (Å²) in [5.74, 6) is -0.353. The summed E-state index contributed by atoms with van der Waals surface area (Å²) in [5.41, 5.74) is 3.02. The molecule has 0 radical (unpaired) electrons. The van der Waals surface area contributed by atoms with Gasteiger partial charge in [0.05, 0.1) is 12.1 Å². The Bertz CT molecular complexity index is 1140. The van der Waals surface area contributed by atoms with E-state index in [2.05, 4.69) is 9.97 Å². The van der Waals surface area contributed by atoms with Gasteiger partial charge >= 0.3 is 5.97 Å². The Morgan fingerprint density at radius 2 is 2.20 bits per heavy atom. The van der Waals surface area contributed by atoms with E-state index in [1.165, 1.54) is 17.4 Å². The minimum atomic E-state index is -0.353. The van der Waals surface area contributed by atoms with Crippen molar-refractivity contribution in [3.8, 4) is 0 Å². The quantitative estimate of drug-likeness (QED) is 0.572. The number of hydrogen-bond donors (Lipinski definition) is 1. The van der Waals surface area contributed by atoms with Gasteiger partial charge in [0.15, 0.2) is 4.96 Å². The fourth-order valence-corrected chi connectivity index (χ4v) is 3.70. The van der Waals surface area contributed by atoms with Crippen molar-refractivity contribution in [1.29, 1.82) is 0 Å². The number of para-hydroxylation sites is 1. The molecule has 0 atom stereocenters. The van der Waals surface area contributed by atoms with E-state index in [4.69, 9.17) is 4.74 Å². The molecule has 7 heteroatoms. The number of hydrogen-bond acceptors (Lipinski definition) is 5. The van der Waals surface area contributed by atoms with Crippen LogP contribution in [-0.2, 0) is 22.6 Å². The van der Waals surface area contributed by atoms with Gasteiger partial charge in [-0.25, -0.2) is 4.98 Å². The highest BCUT2D eigenvalue weighted by molar-refractivity contribution is 7.15. The lowest BCUT2D eigenvalue weighted by Gasteiger charge is -2.04. The lowest BCUT2D eigenvalue weighted by atomic mass is 10.1. The first-order valence-corrected chi connectivity index (χ1v) is 8.67. The number of thiazole rings is 1. The van der Waals surface area contributed by atoms with Gasteiger partial charge in [-0.3, -0.25) is 14.0 Å². The van der Waals surface area contributed by atoms with Gasteiger partial charge in [0.2, 0.25) is 0 Å². The third-order valence-corrected chi connectivity index (χ3v) is 4.96. The van der Waals surface area contributed by atoms with E-state index in [0.29, 0.717) is 10.7 Å². The molecule has 1 N–H and O–H groups in total. The highest BCUT2D eigenvalue weighted by Gasteiger charge is 2.12. The molecule has 0 amide bonds. The molecule has 0 saturated heterocycles. The van der Waals surface area contributed by atoms with Crippen LogP contribution in [0.5, 0.6) is 0 Å². The molecule has 4 aromatic rings. The van der Waals surface area contributed by atoms with Gasteiger partial charge in [-0.1, -0.05) is 18.2 Å². The van der Waals surface area contributed by atoms with Crippen LogP contribution in [0.25, 0.3) is 15.9 Å². The van der Waals surface area contributed by atoms with Crippen LogP contribution >= 0.6 is 11.3 Å². The van der Waals surface area contributed by atoms with Crippen LogP contribution in [0.3, 0.4) is 0 Å². The number of aromatic nitrogens is 3. The maximum absolute atomic E-state index is 12.1. The standard InChI is InChI=1S/C18H15N3O3S/c1-11-10-25-18-20-13(7-16(22)21(11)18)9-24-17(23)6-12-8-19-15-5-3-2-4-14(12)15/h2-5,7-8,10,19H,6,9H2,1H3. The number of nitrogens with one attached hydrogen (secondary N) is 1. The number of carbonyl (C=O) groups excluding carboxylic acids is 1. The highest BCUT2D eigenvalue weighted by atomic mass is 32.1. The third kappa shape index (κ3) is 2.94. The van der Waals surface area contributed by atoms with Crippen LogP contribution in [0.4, 0.5) is 0 Å². The smallest absolute Gasteiger partial charge is 0.310 e. The van der Waals surface area contributed by atoms with Crippen LogP contribution in [0.2, 0.25) is 0 Å². The number of aromatic amines is 1. The number of esters is 1. The van der Waals surface area contributed by atoms with Gasteiger partial charge in [0, 0.05) is 34.2 Å². The van der Waals surface area contributed by atoms with Crippen LogP contribution in [-0.4, -0.2) is 20.3 Å². The van der Waals surface area contributed by atoms with Crippen LogP contribution < -0.4 is 5.56 Å². The monoisotopic (exact) mass is 353 g/mol. The van der Waals surface area contributed by atoms with Crippen LogP contribution in [0.1, 0.15) is 17.0 Å². The molecule has 0 spiro atoms. The van der Waals surface area contributed by atoms with Crippen molar-refractivity contribution in [2.45, 2.75) is 20.0 Å². The Balaban J connectivity index is 1.48. The van der Waals surface area contributed by atoms with Gasteiger partial charge in [0.25, 0.3) is 5.56 Å². The average molecular weight is 353 g/mol. The lowest BCUT2D eigenvalue weighted by molar-refractivity contribution is -0.144. The number of benzene rings is 1. The normalized spacial score (nSPS) is 11.2. The SMILES string of the molecule is Cc1csc2nc(COC(=O)Cc3c[nH]c4ccccc34)cc(=O)n12. The van der Waals surface area contributed by atoms with Gasteiger partial charge in [-0.15, -0.1) is 11.3 Å². The molecule has 0 aliphatic rings. The number of H-pyrrole nitrogens is 1. The van der Waals surface area contributed by atoms with Crippen molar-refractivity contribution in [2.24, 2.45) is 0 Å². The molecule has 6 nitrogen and oxygen atoms in total. The summed E-state index contributed by atoms with van der Waals surface area (Å²) < 4.78 is 6.85. The summed E-state index contributed by atoms with van der Waals surface area (Å²) in [4.78, 5) is 32.4. The molecule has 1 aromatic carbocycles. The van der Waals surface area contributed by atoms with E-state index >= 15 is 0 Å². The van der Waals surface area contributed by atoms with Gasteiger partial charge in [0.1, 0.15) is 6.61 Å². The Morgan fingerprint density at radius 3 is 3.08 bits per heavy atom.